The number of hydrogen-bond acceptors (Lipinski definition) is 2. The van der Waals surface area contributed by atoms with Gasteiger partial charge in [0, 0.05) is 29.6 Å². The highest BCUT2D eigenvalue weighted by Crippen LogP contribution is 2.44. The molecule has 2 aliphatic carbocycles. The Balaban J connectivity index is 1.38. The van der Waals surface area contributed by atoms with Crippen molar-refractivity contribution in [3.63, 3.8) is 0 Å². The van der Waals surface area contributed by atoms with Crippen molar-refractivity contribution in [2.24, 2.45) is 0 Å². The second-order valence-electron chi connectivity index (χ2n) is 6.89. The van der Waals surface area contributed by atoms with E-state index in [1.807, 2.05) is 31.2 Å². The third-order valence-corrected chi connectivity index (χ3v) is 4.71. The van der Waals surface area contributed by atoms with Crippen LogP contribution >= 0.6 is 0 Å². The number of hydrogen-bond donors (Lipinski definition) is 1. The van der Waals surface area contributed by atoms with Crippen LogP contribution in [0, 0.1) is 6.92 Å². The van der Waals surface area contributed by atoms with Crippen LogP contribution in [0.2, 0.25) is 0 Å². The summed E-state index contributed by atoms with van der Waals surface area (Å²) in [5.41, 5.74) is 4.47. The monoisotopic (exact) mass is 309 g/mol. The number of carbonyl (C=O) groups is 1. The molecule has 4 heteroatoms. The van der Waals surface area contributed by atoms with Gasteiger partial charge in [-0.25, -0.2) is 0 Å². The fraction of sp³-hybridized carbons (Fsp3) is 0.474. The molecule has 0 aliphatic heterocycles. The minimum atomic E-state index is -0.00348. The van der Waals surface area contributed by atoms with E-state index in [2.05, 4.69) is 16.1 Å². The average Bonchev–Trinajstić information content (AvgIpc) is 3.46. The lowest BCUT2D eigenvalue weighted by Gasteiger charge is -2.09. The maximum Gasteiger partial charge on any atom is 0.251 e. The average molecular weight is 309 g/mol. The number of benzene rings is 1. The lowest BCUT2D eigenvalue weighted by Crippen LogP contribution is -2.28. The van der Waals surface area contributed by atoms with Crippen LogP contribution in [0.3, 0.4) is 0 Å². The van der Waals surface area contributed by atoms with Crippen molar-refractivity contribution in [2.45, 2.75) is 51.0 Å². The first-order chi connectivity index (χ1) is 11.2. The summed E-state index contributed by atoms with van der Waals surface area (Å²) in [6.07, 6.45) is 5.13. The van der Waals surface area contributed by atoms with Crippen molar-refractivity contribution >= 4 is 5.91 Å². The third-order valence-electron chi connectivity index (χ3n) is 4.71. The topological polar surface area (TPSA) is 46.9 Å². The Hall–Kier alpha value is -2.10. The molecule has 23 heavy (non-hydrogen) atoms. The van der Waals surface area contributed by atoms with Gasteiger partial charge in [0.25, 0.3) is 5.91 Å². The zero-order valence-corrected chi connectivity index (χ0v) is 13.6. The summed E-state index contributed by atoms with van der Waals surface area (Å²) in [5.74, 6) is 1.38. The van der Waals surface area contributed by atoms with E-state index in [1.54, 1.807) is 0 Å². The number of aromatic nitrogens is 2. The molecule has 0 saturated heterocycles. The highest BCUT2D eigenvalue weighted by molar-refractivity contribution is 5.94. The molecule has 0 unspecified atom stereocenters. The predicted octanol–water partition coefficient (Wildman–Crippen LogP) is 3.38. The first-order valence-corrected chi connectivity index (χ1v) is 8.63. The van der Waals surface area contributed by atoms with Gasteiger partial charge in [-0.15, -0.1) is 0 Å². The lowest BCUT2D eigenvalue weighted by molar-refractivity contribution is 0.0951. The van der Waals surface area contributed by atoms with Gasteiger partial charge in [0.1, 0.15) is 0 Å². The molecule has 1 heterocycles. The Kier molecular flexibility index (Phi) is 3.68. The molecule has 4 rings (SSSR count). The van der Waals surface area contributed by atoms with Crippen molar-refractivity contribution < 1.29 is 4.79 Å². The number of amides is 1. The largest absolute Gasteiger partial charge is 0.350 e. The number of aryl methyl sites for hydroxylation is 1. The zero-order valence-electron chi connectivity index (χ0n) is 13.6. The second-order valence-corrected chi connectivity index (χ2v) is 6.89. The van der Waals surface area contributed by atoms with E-state index in [0.717, 1.165) is 17.7 Å². The third kappa shape index (κ3) is 3.31. The SMILES string of the molecule is Cc1cccc(C(=O)NCCn2nc(C3CC3)cc2C2CC2)c1. The summed E-state index contributed by atoms with van der Waals surface area (Å²) in [6, 6.07) is 10.0. The number of nitrogens with one attached hydrogen (secondary N) is 1. The van der Waals surface area contributed by atoms with Gasteiger partial charge in [-0.2, -0.15) is 5.10 Å². The lowest BCUT2D eigenvalue weighted by atomic mass is 10.1. The van der Waals surface area contributed by atoms with E-state index < -0.39 is 0 Å². The molecule has 2 saturated carbocycles. The van der Waals surface area contributed by atoms with Crippen LogP contribution in [0.5, 0.6) is 0 Å². The molecule has 0 bridgehead atoms. The Morgan fingerprint density at radius 1 is 1.22 bits per heavy atom. The molecule has 0 atom stereocenters. The summed E-state index contributed by atoms with van der Waals surface area (Å²) in [5, 5.41) is 7.80. The Bertz CT molecular complexity index is 726. The van der Waals surface area contributed by atoms with E-state index >= 15 is 0 Å². The number of carbonyl (C=O) groups excluding carboxylic acids is 1. The van der Waals surface area contributed by atoms with Gasteiger partial charge in [-0.05, 0) is 50.8 Å². The van der Waals surface area contributed by atoms with E-state index in [0.29, 0.717) is 18.4 Å². The maximum absolute atomic E-state index is 12.2. The molecule has 2 aliphatic rings. The van der Waals surface area contributed by atoms with Crippen molar-refractivity contribution in [3.8, 4) is 0 Å². The van der Waals surface area contributed by atoms with Gasteiger partial charge in [0.05, 0.1) is 12.2 Å². The van der Waals surface area contributed by atoms with Crippen LogP contribution in [0.1, 0.15) is 64.8 Å². The van der Waals surface area contributed by atoms with E-state index in [1.165, 1.54) is 37.1 Å². The summed E-state index contributed by atoms with van der Waals surface area (Å²) >= 11 is 0. The zero-order chi connectivity index (χ0) is 15.8. The fourth-order valence-corrected chi connectivity index (χ4v) is 3.08. The summed E-state index contributed by atoms with van der Waals surface area (Å²) in [7, 11) is 0. The molecule has 1 amide bonds. The minimum Gasteiger partial charge on any atom is -0.350 e. The van der Waals surface area contributed by atoms with Gasteiger partial charge in [0.15, 0.2) is 0 Å². The van der Waals surface area contributed by atoms with Gasteiger partial charge >= 0.3 is 0 Å². The predicted molar refractivity (Wildman–Crippen MR) is 89.7 cm³/mol. The first-order valence-electron chi connectivity index (χ1n) is 8.63. The van der Waals surface area contributed by atoms with Gasteiger partial charge < -0.3 is 5.32 Å². The van der Waals surface area contributed by atoms with Crippen LogP contribution < -0.4 is 5.32 Å². The molecule has 120 valence electrons. The molecule has 2 aromatic rings. The van der Waals surface area contributed by atoms with Gasteiger partial charge in [-0.1, -0.05) is 17.7 Å². The number of nitrogens with zero attached hydrogens (tertiary/aromatic N) is 2. The van der Waals surface area contributed by atoms with Crippen LogP contribution in [0.25, 0.3) is 0 Å². The molecule has 4 nitrogen and oxygen atoms in total. The fourth-order valence-electron chi connectivity index (χ4n) is 3.08. The highest BCUT2D eigenvalue weighted by Gasteiger charge is 2.32. The molecular formula is C19H23N3O. The van der Waals surface area contributed by atoms with Crippen LogP contribution in [0.4, 0.5) is 0 Å². The Morgan fingerprint density at radius 2 is 2.00 bits per heavy atom. The molecular weight excluding hydrogens is 286 g/mol. The quantitative estimate of drug-likeness (QED) is 0.889. The minimum absolute atomic E-state index is 0.00348. The Morgan fingerprint density at radius 3 is 2.70 bits per heavy atom. The summed E-state index contributed by atoms with van der Waals surface area (Å²) in [4.78, 5) is 12.2. The summed E-state index contributed by atoms with van der Waals surface area (Å²) in [6.45, 7) is 3.39. The standard InChI is InChI=1S/C19H23N3O/c1-13-3-2-4-16(11-13)19(23)20-9-10-22-18(15-7-8-15)12-17(21-22)14-5-6-14/h2-4,11-12,14-15H,5-10H2,1H3,(H,20,23). The van der Waals surface area contributed by atoms with Crippen molar-refractivity contribution in [1.82, 2.24) is 15.1 Å². The van der Waals surface area contributed by atoms with E-state index in [-0.39, 0.29) is 5.91 Å². The second kappa shape index (κ2) is 5.84. The van der Waals surface area contributed by atoms with Crippen molar-refractivity contribution in [1.29, 1.82) is 0 Å². The molecule has 0 spiro atoms. The number of rotatable bonds is 6. The summed E-state index contributed by atoms with van der Waals surface area (Å²) < 4.78 is 2.13. The van der Waals surface area contributed by atoms with Crippen molar-refractivity contribution in [3.05, 3.63) is 52.8 Å². The Labute approximate surface area is 136 Å². The molecule has 1 aromatic heterocycles. The normalized spacial score (nSPS) is 17.3. The van der Waals surface area contributed by atoms with E-state index in [9.17, 15) is 4.79 Å². The molecule has 1 aromatic carbocycles. The van der Waals surface area contributed by atoms with Crippen molar-refractivity contribution in [2.75, 3.05) is 6.54 Å². The van der Waals surface area contributed by atoms with Crippen LogP contribution in [-0.4, -0.2) is 22.2 Å². The van der Waals surface area contributed by atoms with E-state index in [4.69, 9.17) is 5.10 Å². The highest BCUT2D eigenvalue weighted by atomic mass is 16.1. The first kappa shape index (κ1) is 14.5. The molecule has 0 radical (unpaired) electrons. The van der Waals surface area contributed by atoms with Gasteiger partial charge in [-0.3, -0.25) is 9.48 Å². The van der Waals surface area contributed by atoms with Crippen LogP contribution in [0.15, 0.2) is 30.3 Å². The molecule has 1 N–H and O–H groups in total. The molecule has 2 fully saturated rings. The van der Waals surface area contributed by atoms with Gasteiger partial charge in [0.2, 0.25) is 0 Å². The maximum atomic E-state index is 12.2. The smallest absolute Gasteiger partial charge is 0.251 e. The van der Waals surface area contributed by atoms with Crippen LogP contribution in [-0.2, 0) is 6.54 Å².